The van der Waals surface area contributed by atoms with Crippen molar-refractivity contribution < 1.29 is 4.42 Å². The molecule has 3 rings (SSSR count). The first-order valence-electron chi connectivity index (χ1n) is 6.09. The molecule has 2 heterocycles. The quantitative estimate of drug-likeness (QED) is 0.854. The van der Waals surface area contributed by atoms with Crippen molar-refractivity contribution in [2.75, 3.05) is 0 Å². The molecule has 0 amide bonds. The summed E-state index contributed by atoms with van der Waals surface area (Å²) in [6.07, 6.45) is 8.97. The van der Waals surface area contributed by atoms with E-state index in [-0.39, 0.29) is 0 Å². The SMILES string of the molecule is c1cc(Cc2ccoc2CNC2CC2)ccn1. The number of nitrogens with one attached hydrogen (secondary N) is 1. The summed E-state index contributed by atoms with van der Waals surface area (Å²) >= 11 is 0. The molecule has 0 saturated heterocycles. The summed E-state index contributed by atoms with van der Waals surface area (Å²) in [4.78, 5) is 4.03. The number of hydrogen-bond donors (Lipinski definition) is 1. The maximum absolute atomic E-state index is 5.54. The van der Waals surface area contributed by atoms with E-state index in [1.807, 2.05) is 24.5 Å². The maximum Gasteiger partial charge on any atom is 0.121 e. The van der Waals surface area contributed by atoms with Crippen molar-refractivity contribution >= 4 is 0 Å². The van der Waals surface area contributed by atoms with Crippen LogP contribution in [0.3, 0.4) is 0 Å². The Balaban J connectivity index is 1.67. The summed E-state index contributed by atoms with van der Waals surface area (Å²) in [6.45, 7) is 0.845. The van der Waals surface area contributed by atoms with Gasteiger partial charge in [0.1, 0.15) is 5.76 Å². The van der Waals surface area contributed by atoms with Crippen molar-refractivity contribution in [3.05, 3.63) is 53.7 Å². The minimum absolute atomic E-state index is 0.717. The molecular weight excluding hydrogens is 212 g/mol. The molecule has 0 radical (unpaired) electrons. The third-order valence-electron chi connectivity index (χ3n) is 3.11. The lowest BCUT2D eigenvalue weighted by Crippen LogP contribution is -2.15. The highest BCUT2D eigenvalue weighted by Gasteiger charge is 2.21. The van der Waals surface area contributed by atoms with Crippen molar-refractivity contribution in [1.29, 1.82) is 0 Å². The van der Waals surface area contributed by atoms with Crippen LogP contribution in [0.2, 0.25) is 0 Å². The Morgan fingerprint density at radius 2 is 2.06 bits per heavy atom. The van der Waals surface area contributed by atoms with Crippen LogP contribution in [0, 0.1) is 0 Å². The standard InChI is InChI=1S/C14H16N2O/c1-2-13(1)16-10-14-12(5-8-17-14)9-11-3-6-15-7-4-11/h3-8,13,16H,1-2,9-10H2. The molecule has 1 aliphatic rings. The Bertz CT molecular complexity index is 474. The van der Waals surface area contributed by atoms with Crippen molar-refractivity contribution in [2.24, 2.45) is 0 Å². The average Bonchev–Trinajstić information content (AvgIpc) is 3.09. The number of aromatic nitrogens is 1. The summed E-state index contributed by atoms with van der Waals surface area (Å²) in [5.74, 6) is 1.06. The van der Waals surface area contributed by atoms with E-state index in [1.165, 1.54) is 24.0 Å². The summed E-state index contributed by atoms with van der Waals surface area (Å²) in [6, 6.07) is 6.87. The summed E-state index contributed by atoms with van der Waals surface area (Å²) < 4.78 is 5.54. The highest BCUT2D eigenvalue weighted by atomic mass is 16.3. The van der Waals surface area contributed by atoms with Gasteiger partial charge in [-0.05, 0) is 42.2 Å². The van der Waals surface area contributed by atoms with Crippen molar-refractivity contribution in [2.45, 2.75) is 31.8 Å². The second kappa shape index (κ2) is 4.72. The fourth-order valence-electron chi connectivity index (χ4n) is 1.92. The fraction of sp³-hybridized carbons (Fsp3) is 0.357. The number of furan rings is 1. The van der Waals surface area contributed by atoms with Gasteiger partial charge in [0.25, 0.3) is 0 Å². The molecule has 88 valence electrons. The van der Waals surface area contributed by atoms with Crippen LogP contribution in [0.4, 0.5) is 0 Å². The van der Waals surface area contributed by atoms with E-state index in [2.05, 4.69) is 16.4 Å². The molecule has 1 N–H and O–H groups in total. The summed E-state index contributed by atoms with van der Waals surface area (Å²) in [5.41, 5.74) is 2.54. The lowest BCUT2D eigenvalue weighted by molar-refractivity contribution is 0.478. The van der Waals surface area contributed by atoms with Crippen LogP contribution < -0.4 is 5.32 Å². The average molecular weight is 228 g/mol. The molecule has 1 fully saturated rings. The zero-order valence-corrected chi connectivity index (χ0v) is 9.73. The highest BCUT2D eigenvalue weighted by Crippen LogP contribution is 2.21. The topological polar surface area (TPSA) is 38.1 Å². The van der Waals surface area contributed by atoms with Gasteiger partial charge in [0.05, 0.1) is 12.8 Å². The van der Waals surface area contributed by atoms with Gasteiger partial charge in [0.15, 0.2) is 0 Å². The molecule has 3 nitrogen and oxygen atoms in total. The van der Waals surface area contributed by atoms with Gasteiger partial charge in [-0.1, -0.05) is 0 Å². The third kappa shape index (κ3) is 2.74. The molecule has 0 unspecified atom stereocenters. The molecule has 1 saturated carbocycles. The van der Waals surface area contributed by atoms with Crippen molar-refractivity contribution in [1.82, 2.24) is 10.3 Å². The predicted octanol–water partition coefficient (Wildman–Crippen LogP) is 2.52. The molecule has 0 aliphatic heterocycles. The second-order valence-electron chi connectivity index (χ2n) is 4.56. The van der Waals surface area contributed by atoms with Crippen LogP contribution >= 0.6 is 0 Å². The van der Waals surface area contributed by atoms with E-state index < -0.39 is 0 Å². The zero-order chi connectivity index (χ0) is 11.5. The Labute approximate surface area is 101 Å². The lowest BCUT2D eigenvalue weighted by atomic mass is 10.1. The first-order chi connectivity index (χ1) is 8.42. The molecular formula is C14H16N2O. The van der Waals surface area contributed by atoms with Gasteiger partial charge in [-0.25, -0.2) is 0 Å². The third-order valence-corrected chi connectivity index (χ3v) is 3.11. The first kappa shape index (κ1) is 10.5. The van der Waals surface area contributed by atoms with Crippen molar-refractivity contribution in [3.8, 4) is 0 Å². The predicted molar refractivity (Wildman–Crippen MR) is 65.6 cm³/mol. The molecule has 17 heavy (non-hydrogen) atoms. The van der Waals surface area contributed by atoms with E-state index in [9.17, 15) is 0 Å². The van der Waals surface area contributed by atoms with Gasteiger partial charge in [-0.3, -0.25) is 4.98 Å². The molecule has 0 spiro atoms. The molecule has 3 heteroatoms. The highest BCUT2D eigenvalue weighted by molar-refractivity contribution is 5.26. The number of rotatable bonds is 5. The van der Waals surface area contributed by atoms with E-state index in [0.29, 0.717) is 6.04 Å². The van der Waals surface area contributed by atoms with E-state index in [1.54, 1.807) is 6.26 Å². The van der Waals surface area contributed by atoms with Gasteiger partial charge >= 0.3 is 0 Å². The molecule has 0 bridgehead atoms. The Morgan fingerprint density at radius 3 is 2.82 bits per heavy atom. The monoisotopic (exact) mass is 228 g/mol. The Morgan fingerprint density at radius 1 is 1.24 bits per heavy atom. The largest absolute Gasteiger partial charge is 0.468 e. The van der Waals surface area contributed by atoms with Gasteiger partial charge < -0.3 is 9.73 Å². The van der Waals surface area contributed by atoms with Gasteiger partial charge in [0, 0.05) is 24.9 Å². The zero-order valence-electron chi connectivity index (χ0n) is 9.73. The van der Waals surface area contributed by atoms with Crippen LogP contribution in [-0.4, -0.2) is 11.0 Å². The van der Waals surface area contributed by atoms with E-state index in [0.717, 1.165) is 18.7 Å². The van der Waals surface area contributed by atoms with Gasteiger partial charge in [-0.2, -0.15) is 0 Å². The van der Waals surface area contributed by atoms with Gasteiger partial charge in [0.2, 0.25) is 0 Å². The maximum atomic E-state index is 5.54. The Hall–Kier alpha value is -1.61. The second-order valence-corrected chi connectivity index (χ2v) is 4.56. The van der Waals surface area contributed by atoms with Gasteiger partial charge in [-0.15, -0.1) is 0 Å². The summed E-state index contributed by atoms with van der Waals surface area (Å²) in [5, 5.41) is 3.48. The molecule has 0 aromatic carbocycles. The molecule has 2 aromatic rings. The molecule has 0 atom stereocenters. The summed E-state index contributed by atoms with van der Waals surface area (Å²) in [7, 11) is 0. The van der Waals surface area contributed by atoms with E-state index in [4.69, 9.17) is 4.42 Å². The normalized spacial score (nSPS) is 15.1. The minimum atomic E-state index is 0.717. The number of pyridine rings is 1. The molecule has 1 aliphatic carbocycles. The van der Waals surface area contributed by atoms with Crippen LogP contribution in [-0.2, 0) is 13.0 Å². The van der Waals surface area contributed by atoms with Crippen LogP contribution in [0.5, 0.6) is 0 Å². The Kier molecular flexibility index (Phi) is 2.92. The van der Waals surface area contributed by atoms with Crippen LogP contribution in [0.1, 0.15) is 29.7 Å². The fourth-order valence-corrected chi connectivity index (χ4v) is 1.92. The minimum Gasteiger partial charge on any atom is -0.468 e. The van der Waals surface area contributed by atoms with Crippen molar-refractivity contribution in [3.63, 3.8) is 0 Å². The number of hydrogen-bond acceptors (Lipinski definition) is 3. The smallest absolute Gasteiger partial charge is 0.121 e. The van der Waals surface area contributed by atoms with E-state index >= 15 is 0 Å². The van der Waals surface area contributed by atoms with Crippen LogP contribution in [0.15, 0.2) is 41.3 Å². The number of nitrogens with zero attached hydrogens (tertiary/aromatic N) is 1. The van der Waals surface area contributed by atoms with Crippen LogP contribution in [0.25, 0.3) is 0 Å². The first-order valence-corrected chi connectivity index (χ1v) is 6.09. The molecule has 2 aromatic heterocycles. The lowest BCUT2D eigenvalue weighted by Gasteiger charge is -2.04.